The summed E-state index contributed by atoms with van der Waals surface area (Å²) >= 11 is 0. The van der Waals surface area contributed by atoms with Crippen LogP contribution in [0.1, 0.15) is 33.6 Å². The first-order valence-electron chi connectivity index (χ1n) is 10.4. The average Bonchev–Trinajstić information content (AvgIpc) is 3.11. The molecule has 4 amide bonds. The van der Waals surface area contributed by atoms with E-state index in [-0.39, 0.29) is 29.2 Å². The minimum atomic E-state index is -0.761. The number of imide groups is 1. The summed E-state index contributed by atoms with van der Waals surface area (Å²) in [6, 6.07) is 14.1. The van der Waals surface area contributed by atoms with Crippen molar-refractivity contribution in [1.82, 2.24) is 10.9 Å². The van der Waals surface area contributed by atoms with E-state index in [2.05, 4.69) is 10.9 Å². The normalized spacial score (nSPS) is 19.1. The summed E-state index contributed by atoms with van der Waals surface area (Å²) < 4.78 is 4.95. The molecule has 0 saturated carbocycles. The number of benzene rings is 2. The van der Waals surface area contributed by atoms with Crippen molar-refractivity contribution < 1.29 is 28.7 Å². The zero-order valence-electron chi connectivity index (χ0n) is 17.5. The lowest BCUT2D eigenvalue weighted by Crippen LogP contribution is -2.43. The molecule has 2 N–H and O–H groups in total. The second-order valence-corrected chi connectivity index (χ2v) is 7.66. The fourth-order valence-electron chi connectivity index (χ4n) is 3.84. The molecule has 4 rings (SSSR count). The standard InChI is InChI=1S/C24H21N3O6/c28-20(25-26-21(29)15-6-2-1-3-7-15)14-33-24(32)16-10-12-17(13-11-16)27-22(30)18-8-4-5-9-19(18)23(27)31/h1-7,10-13,18-19H,8-9,14H2,(H,25,28)(H,26,29)/t18-,19-/m0/s1. The number of hydrogen-bond donors (Lipinski definition) is 2. The monoisotopic (exact) mass is 447 g/mol. The predicted molar refractivity (Wildman–Crippen MR) is 117 cm³/mol. The van der Waals surface area contributed by atoms with Gasteiger partial charge in [0.2, 0.25) is 11.8 Å². The van der Waals surface area contributed by atoms with Crippen molar-refractivity contribution >= 4 is 35.3 Å². The number of esters is 1. The van der Waals surface area contributed by atoms with Crippen LogP contribution in [-0.2, 0) is 19.1 Å². The highest BCUT2D eigenvalue weighted by Gasteiger charge is 2.47. The van der Waals surface area contributed by atoms with E-state index >= 15 is 0 Å². The number of rotatable bonds is 5. The van der Waals surface area contributed by atoms with Gasteiger partial charge in [-0.2, -0.15) is 0 Å². The largest absolute Gasteiger partial charge is 0.452 e. The molecule has 0 spiro atoms. The van der Waals surface area contributed by atoms with E-state index < -0.39 is 24.4 Å². The topological polar surface area (TPSA) is 122 Å². The van der Waals surface area contributed by atoms with Crippen LogP contribution in [0, 0.1) is 11.8 Å². The van der Waals surface area contributed by atoms with Crippen molar-refractivity contribution in [3.05, 3.63) is 77.9 Å². The maximum absolute atomic E-state index is 12.7. The van der Waals surface area contributed by atoms with Crippen LogP contribution < -0.4 is 15.8 Å². The van der Waals surface area contributed by atoms with Crippen LogP contribution in [0.25, 0.3) is 0 Å². The fraction of sp³-hybridized carbons (Fsp3) is 0.208. The zero-order chi connectivity index (χ0) is 23.4. The molecule has 33 heavy (non-hydrogen) atoms. The van der Waals surface area contributed by atoms with Crippen LogP contribution in [0.4, 0.5) is 5.69 Å². The molecule has 1 fully saturated rings. The molecule has 1 heterocycles. The van der Waals surface area contributed by atoms with E-state index in [4.69, 9.17) is 4.74 Å². The minimum absolute atomic E-state index is 0.151. The highest BCUT2D eigenvalue weighted by Crippen LogP contribution is 2.37. The number of nitrogens with zero attached hydrogens (tertiary/aromatic N) is 1. The summed E-state index contributed by atoms with van der Waals surface area (Å²) in [6.07, 6.45) is 4.92. The third-order valence-electron chi connectivity index (χ3n) is 5.55. The molecule has 1 saturated heterocycles. The van der Waals surface area contributed by atoms with Crippen LogP contribution >= 0.6 is 0 Å². The van der Waals surface area contributed by atoms with E-state index in [1.54, 1.807) is 30.3 Å². The Labute approximate surface area is 189 Å². The van der Waals surface area contributed by atoms with Crippen LogP contribution in [0.2, 0.25) is 0 Å². The summed E-state index contributed by atoms with van der Waals surface area (Å²) in [5.41, 5.74) is 5.29. The molecule has 0 unspecified atom stereocenters. The Morgan fingerprint density at radius 1 is 0.818 bits per heavy atom. The Balaban J connectivity index is 1.29. The number of ether oxygens (including phenoxy) is 1. The lowest BCUT2D eigenvalue weighted by Gasteiger charge is -2.15. The van der Waals surface area contributed by atoms with Gasteiger partial charge in [-0.3, -0.25) is 34.9 Å². The highest BCUT2D eigenvalue weighted by molar-refractivity contribution is 6.22. The number of hydrogen-bond acceptors (Lipinski definition) is 6. The Hall–Kier alpha value is -4.27. The Kier molecular flexibility index (Phi) is 6.30. The molecule has 168 valence electrons. The van der Waals surface area contributed by atoms with Gasteiger partial charge in [-0.25, -0.2) is 4.79 Å². The number of fused-ring (bicyclic) bond motifs is 1. The molecule has 1 aliphatic heterocycles. The number of carbonyl (C=O) groups is 5. The molecule has 2 aromatic carbocycles. The van der Waals surface area contributed by atoms with E-state index in [1.807, 2.05) is 12.2 Å². The molecule has 1 aliphatic carbocycles. The van der Waals surface area contributed by atoms with Gasteiger partial charge in [0.1, 0.15) is 0 Å². The minimum Gasteiger partial charge on any atom is -0.452 e. The summed E-state index contributed by atoms with van der Waals surface area (Å²) in [5.74, 6) is -3.14. The fourth-order valence-corrected chi connectivity index (χ4v) is 3.84. The van der Waals surface area contributed by atoms with Crippen molar-refractivity contribution in [3.63, 3.8) is 0 Å². The number of anilines is 1. The lowest BCUT2D eigenvalue weighted by molar-refractivity contribution is -0.125. The third-order valence-corrected chi connectivity index (χ3v) is 5.55. The summed E-state index contributed by atoms with van der Waals surface area (Å²) in [7, 11) is 0. The molecule has 0 bridgehead atoms. The SMILES string of the molecule is O=C(COC(=O)c1ccc(N2C(=O)[C@H]3CC=CC[C@@H]3C2=O)cc1)NNC(=O)c1ccccc1. The summed E-state index contributed by atoms with van der Waals surface area (Å²) in [6.45, 7) is -0.602. The van der Waals surface area contributed by atoms with E-state index in [0.717, 1.165) is 0 Å². The van der Waals surface area contributed by atoms with Crippen LogP contribution in [0.5, 0.6) is 0 Å². The number of nitrogens with one attached hydrogen (secondary N) is 2. The second-order valence-electron chi connectivity index (χ2n) is 7.66. The number of allylic oxidation sites excluding steroid dienone is 2. The summed E-state index contributed by atoms with van der Waals surface area (Å²) in [5, 5.41) is 0. The van der Waals surface area contributed by atoms with Gasteiger partial charge < -0.3 is 4.74 Å². The first-order chi connectivity index (χ1) is 16.0. The van der Waals surface area contributed by atoms with Gasteiger partial charge in [0, 0.05) is 5.56 Å². The van der Waals surface area contributed by atoms with Gasteiger partial charge in [0.15, 0.2) is 6.61 Å². The smallest absolute Gasteiger partial charge is 0.338 e. The molecule has 9 heteroatoms. The molecule has 0 aromatic heterocycles. The van der Waals surface area contributed by atoms with Gasteiger partial charge in [-0.05, 0) is 49.2 Å². The van der Waals surface area contributed by atoms with Crippen molar-refractivity contribution in [2.45, 2.75) is 12.8 Å². The predicted octanol–water partition coefficient (Wildman–Crippen LogP) is 1.76. The lowest BCUT2D eigenvalue weighted by atomic mass is 9.85. The Morgan fingerprint density at radius 2 is 1.42 bits per heavy atom. The van der Waals surface area contributed by atoms with Crippen molar-refractivity contribution in [2.24, 2.45) is 11.8 Å². The van der Waals surface area contributed by atoms with E-state index in [0.29, 0.717) is 24.1 Å². The maximum atomic E-state index is 12.7. The van der Waals surface area contributed by atoms with Crippen LogP contribution in [0.3, 0.4) is 0 Å². The second kappa shape index (κ2) is 9.47. The average molecular weight is 447 g/mol. The van der Waals surface area contributed by atoms with Gasteiger partial charge >= 0.3 is 5.97 Å². The molecular weight excluding hydrogens is 426 g/mol. The van der Waals surface area contributed by atoms with Crippen molar-refractivity contribution in [1.29, 1.82) is 0 Å². The van der Waals surface area contributed by atoms with Crippen molar-refractivity contribution in [3.8, 4) is 0 Å². The van der Waals surface area contributed by atoms with Gasteiger partial charge in [-0.1, -0.05) is 30.4 Å². The molecule has 0 radical (unpaired) electrons. The quantitative estimate of drug-likeness (QED) is 0.312. The first-order valence-corrected chi connectivity index (χ1v) is 10.4. The van der Waals surface area contributed by atoms with Gasteiger partial charge in [0.25, 0.3) is 11.8 Å². The summed E-state index contributed by atoms with van der Waals surface area (Å²) in [4.78, 5) is 62.4. The number of amides is 4. The van der Waals surface area contributed by atoms with E-state index in [1.165, 1.54) is 29.2 Å². The third kappa shape index (κ3) is 4.67. The first kappa shape index (κ1) is 21.9. The number of carbonyl (C=O) groups excluding carboxylic acids is 5. The Bertz CT molecular complexity index is 1100. The molecule has 2 aliphatic rings. The van der Waals surface area contributed by atoms with E-state index in [9.17, 15) is 24.0 Å². The molecule has 9 nitrogen and oxygen atoms in total. The molecule has 2 atom stereocenters. The Morgan fingerprint density at radius 3 is 2.03 bits per heavy atom. The van der Waals surface area contributed by atoms with Crippen LogP contribution in [-0.4, -0.2) is 36.2 Å². The van der Waals surface area contributed by atoms with Crippen molar-refractivity contribution in [2.75, 3.05) is 11.5 Å². The zero-order valence-corrected chi connectivity index (χ0v) is 17.5. The van der Waals surface area contributed by atoms with Crippen LogP contribution in [0.15, 0.2) is 66.7 Å². The number of hydrazine groups is 1. The highest BCUT2D eigenvalue weighted by atomic mass is 16.5. The van der Waals surface area contributed by atoms with Gasteiger partial charge in [0.05, 0.1) is 23.1 Å². The maximum Gasteiger partial charge on any atom is 0.338 e. The molecule has 2 aromatic rings. The molecular formula is C24H21N3O6. The van der Waals surface area contributed by atoms with Gasteiger partial charge in [-0.15, -0.1) is 0 Å².